The van der Waals surface area contributed by atoms with Crippen LogP contribution in [0.1, 0.15) is 30.9 Å². The maximum Gasteiger partial charge on any atom is 0.213 e. The molecule has 0 fully saturated rings. The molecule has 94 valence electrons. The zero-order valence-electron chi connectivity index (χ0n) is 11.4. The summed E-state index contributed by atoms with van der Waals surface area (Å²) < 4.78 is 5.18. The fourth-order valence-electron chi connectivity index (χ4n) is 2.28. The van der Waals surface area contributed by atoms with E-state index in [1.165, 1.54) is 16.7 Å². The van der Waals surface area contributed by atoms with Gasteiger partial charge in [-0.1, -0.05) is 32.0 Å². The summed E-state index contributed by atoms with van der Waals surface area (Å²) >= 11 is 0. The van der Waals surface area contributed by atoms with Gasteiger partial charge in [0.15, 0.2) is 0 Å². The van der Waals surface area contributed by atoms with Crippen LogP contribution in [-0.4, -0.2) is 12.1 Å². The van der Waals surface area contributed by atoms with Crippen LogP contribution >= 0.6 is 0 Å². The largest absolute Gasteiger partial charge is 0.481 e. The highest BCUT2D eigenvalue weighted by atomic mass is 16.5. The fourth-order valence-corrected chi connectivity index (χ4v) is 2.28. The Bertz CT molecular complexity index is 547. The van der Waals surface area contributed by atoms with Gasteiger partial charge in [0.1, 0.15) is 0 Å². The highest BCUT2D eigenvalue weighted by molar-refractivity contribution is 5.69. The van der Waals surface area contributed by atoms with Crippen molar-refractivity contribution in [1.29, 1.82) is 0 Å². The van der Waals surface area contributed by atoms with Crippen molar-refractivity contribution in [2.45, 2.75) is 26.7 Å². The summed E-state index contributed by atoms with van der Waals surface area (Å²) in [6.45, 7) is 6.62. The van der Waals surface area contributed by atoms with E-state index in [1.54, 1.807) is 13.3 Å². The average molecular weight is 241 g/mol. The van der Waals surface area contributed by atoms with Crippen LogP contribution in [0.3, 0.4) is 0 Å². The lowest BCUT2D eigenvalue weighted by atomic mass is 9.91. The third-order valence-corrected chi connectivity index (χ3v) is 3.25. The number of nitrogens with zero attached hydrogens (tertiary/aromatic N) is 1. The lowest BCUT2D eigenvalue weighted by molar-refractivity contribution is 0.398. The molecule has 2 aromatic rings. The molecular formula is C16H19NO. The lowest BCUT2D eigenvalue weighted by Crippen LogP contribution is -1.95. The van der Waals surface area contributed by atoms with Crippen LogP contribution in [0.2, 0.25) is 0 Å². The van der Waals surface area contributed by atoms with Gasteiger partial charge in [0.05, 0.1) is 7.11 Å². The standard InChI is InChI=1S/C16H19NO/c1-11(2)14-6-5-7-15(12(14)3)13-8-9-17-16(10-13)18-4/h5-11H,1-4H3. The van der Waals surface area contributed by atoms with Crippen LogP contribution in [0, 0.1) is 6.92 Å². The Labute approximate surface area is 109 Å². The molecule has 0 aliphatic rings. The molecule has 0 saturated carbocycles. The van der Waals surface area contributed by atoms with Crippen LogP contribution in [0.4, 0.5) is 0 Å². The first-order valence-electron chi connectivity index (χ1n) is 6.23. The van der Waals surface area contributed by atoms with E-state index in [1.807, 2.05) is 12.1 Å². The van der Waals surface area contributed by atoms with Gasteiger partial charge in [-0.25, -0.2) is 4.98 Å². The minimum absolute atomic E-state index is 0.536. The van der Waals surface area contributed by atoms with Gasteiger partial charge in [-0.15, -0.1) is 0 Å². The molecule has 0 spiro atoms. The summed E-state index contributed by atoms with van der Waals surface area (Å²) in [5, 5.41) is 0. The normalized spacial score (nSPS) is 10.7. The fraction of sp³-hybridized carbons (Fsp3) is 0.312. The predicted octanol–water partition coefficient (Wildman–Crippen LogP) is 4.19. The maximum absolute atomic E-state index is 5.18. The number of rotatable bonds is 3. The van der Waals surface area contributed by atoms with Crippen molar-refractivity contribution in [3.63, 3.8) is 0 Å². The number of methoxy groups -OCH3 is 1. The van der Waals surface area contributed by atoms with Crippen LogP contribution in [0.25, 0.3) is 11.1 Å². The first-order valence-corrected chi connectivity index (χ1v) is 6.23. The molecule has 0 aliphatic carbocycles. The highest BCUT2D eigenvalue weighted by Gasteiger charge is 2.09. The third-order valence-electron chi connectivity index (χ3n) is 3.25. The zero-order chi connectivity index (χ0) is 13.1. The zero-order valence-corrected chi connectivity index (χ0v) is 11.4. The monoisotopic (exact) mass is 241 g/mol. The summed E-state index contributed by atoms with van der Waals surface area (Å²) in [5.41, 5.74) is 5.13. The Morgan fingerprint density at radius 3 is 2.61 bits per heavy atom. The first kappa shape index (κ1) is 12.6. The van der Waals surface area contributed by atoms with Crippen molar-refractivity contribution in [2.75, 3.05) is 7.11 Å². The van der Waals surface area contributed by atoms with E-state index in [0.29, 0.717) is 11.8 Å². The quantitative estimate of drug-likeness (QED) is 0.804. The first-order chi connectivity index (χ1) is 8.63. The molecule has 0 aliphatic heterocycles. The topological polar surface area (TPSA) is 22.1 Å². The van der Waals surface area contributed by atoms with E-state index in [9.17, 15) is 0 Å². The van der Waals surface area contributed by atoms with Gasteiger partial charge < -0.3 is 4.74 Å². The highest BCUT2D eigenvalue weighted by Crippen LogP contribution is 2.30. The maximum atomic E-state index is 5.18. The van der Waals surface area contributed by atoms with Crippen molar-refractivity contribution in [2.24, 2.45) is 0 Å². The van der Waals surface area contributed by atoms with Crippen molar-refractivity contribution in [3.05, 3.63) is 47.7 Å². The van der Waals surface area contributed by atoms with Crippen molar-refractivity contribution in [1.82, 2.24) is 4.98 Å². The molecule has 0 saturated heterocycles. The second kappa shape index (κ2) is 5.21. The van der Waals surface area contributed by atoms with Crippen molar-refractivity contribution >= 4 is 0 Å². The number of hydrogen-bond acceptors (Lipinski definition) is 2. The average Bonchev–Trinajstić information content (AvgIpc) is 2.38. The molecule has 0 unspecified atom stereocenters. The SMILES string of the molecule is COc1cc(-c2cccc(C(C)C)c2C)ccn1. The summed E-state index contributed by atoms with van der Waals surface area (Å²) in [4.78, 5) is 4.15. The van der Waals surface area contributed by atoms with Crippen LogP contribution in [0.5, 0.6) is 5.88 Å². The van der Waals surface area contributed by atoms with E-state index in [0.717, 1.165) is 5.56 Å². The molecule has 18 heavy (non-hydrogen) atoms. The number of aromatic nitrogens is 1. The molecule has 2 rings (SSSR count). The van der Waals surface area contributed by atoms with Gasteiger partial charge in [-0.2, -0.15) is 0 Å². The molecule has 0 N–H and O–H groups in total. The summed E-state index contributed by atoms with van der Waals surface area (Å²) in [7, 11) is 1.64. The van der Waals surface area contributed by atoms with Gasteiger partial charge in [0.2, 0.25) is 5.88 Å². The minimum atomic E-state index is 0.536. The summed E-state index contributed by atoms with van der Waals surface area (Å²) in [5.74, 6) is 1.19. The Balaban J connectivity index is 2.53. The Kier molecular flexibility index (Phi) is 3.66. The molecule has 0 atom stereocenters. The number of pyridine rings is 1. The minimum Gasteiger partial charge on any atom is -0.481 e. The van der Waals surface area contributed by atoms with Crippen molar-refractivity contribution in [3.8, 4) is 17.0 Å². The molecular weight excluding hydrogens is 222 g/mol. The third kappa shape index (κ3) is 2.37. The Morgan fingerprint density at radius 2 is 1.94 bits per heavy atom. The van der Waals surface area contributed by atoms with E-state index in [2.05, 4.69) is 44.0 Å². The summed E-state index contributed by atoms with van der Waals surface area (Å²) in [6, 6.07) is 10.5. The van der Waals surface area contributed by atoms with Crippen LogP contribution in [0.15, 0.2) is 36.5 Å². The summed E-state index contributed by atoms with van der Waals surface area (Å²) in [6.07, 6.45) is 1.79. The molecule has 1 aromatic carbocycles. The van der Waals surface area contributed by atoms with Gasteiger partial charge in [-0.05, 0) is 41.2 Å². The van der Waals surface area contributed by atoms with E-state index in [-0.39, 0.29) is 0 Å². The second-order valence-electron chi connectivity index (χ2n) is 4.76. The number of ether oxygens (including phenoxy) is 1. The van der Waals surface area contributed by atoms with Crippen molar-refractivity contribution < 1.29 is 4.74 Å². The van der Waals surface area contributed by atoms with Gasteiger partial charge in [-0.3, -0.25) is 0 Å². The van der Waals surface area contributed by atoms with Crippen LogP contribution in [-0.2, 0) is 0 Å². The van der Waals surface area contributed by atoms with E-state index in [4.69, 9.17) is 4.74 Å². The molecule has 2 nitrogen and oxygen atoms in total. The molecule has 1 heterocycles. The Hall–Kier alpha value is -1.83. The van der Waals surface area contributed by atoms with Gasteiger partial charge in [0, 0.05) is 12.3 Å². The lowest BCUT2D eigenvalue weighted by Gasteiger charge is -2.14. The molecule has 1 aromatic heterocycles. The second-order valence-corrected chi connectivity index (χ2v) is 4.76. The Morgan fingerprint density at radius 1 is 1.17 bits per heavy atom. The predicted molar refractivity (Wildman–Crippen MR) is 75.1 cm³/mol. The van der Waals surface area contributed by atoms with E-state index < -0.39 is 0 Å². The number of benzene rings is 1. The molecule has 0 bridgehead atoms. The number of hydrogen-bond donors (Lipinski definition) is 0. The van der Waals surface area contributed by atoms with Crippen LogP contribution < -0.4 is 4.74 Å². The molecule has 0 amide bonds. The smallest absolute Gasteiger partial charge is 0.213 e. The molecule has 0 radical (unpaired) electrons. The van der Waals surface area contributed by atoms with Gasteiger partial charge in [0.25, 0.3) is 0 Å². The van der Waals surface area contributed by atoms with Gasteiger partial charge >= 0.3 is 0 Å². The van der Waals surface area contributed by atoms with E-state index >= 15 is 0 Å². The molecule has 2 heteroatoms.